The zero-order valence-corrected chi connectivity index (χ0v) is 12.1. The van der Waals surface area contributed by atoms with Crippen molar-refractivity contribution in [3.05, 3.63) is 42.1 Å². The van der Waals surface area contributed by atoms with Gasteiger partial charge in [0.1, 0.15) is 5.75 Å². The molecule has 0 atom stereocenters. The number of ether oxygens (including phenoxy) is 1. The summed E-state index contributed by atoms with van der Waals surface area (Å²) < 4.78 is 31.7. The van der Waals surface area contributed by atoms with Gasteiger partial charge in [-0.05, 0) is 29.8 Å². The third-order valence-electron chi connectivity index (χ3n) is 2.78. The van der Waals surface area contributed by atoms with Crippen molar-refractivity contribution in [2.24, 2.45) is 0 Å². The highest BCUT2D eigenvalue weighted by molar-refractivity contribution is 7.89. The van der Waals surface area contributed by atoms with Gasteiger partial charge in [0, 0.05) is 18.8 Å². The van der Waals surface area contributed by atoms with Crippen LogP contribution in [0.15, 0.2) is 41.4 Å². The number of nitrogens with two attached hydrogens (primary N) is 1. The van der Waals surface area contributed by atoms with Crippen molar-refractivity contribution in [2.75, 3.05) is 12.8 Å². The quantitative estimate of drug-likeness (QED) is 0.557. The predicted octanol–water partition coefficient (Wildman–Crippen LogP) is 0.857. The van der Waals surface area contributed by atoms with Crippen LogP contribution in [0.3, 0.4) is 0 Å². The summed E-state index contributed by atoms with van der Waals surface area (Å²) in [5, 5.41) is 9.31. The van der Waals surface area contributed by atoms with Crippen molar-refractivity contribution in [1.29, 1.82) is 0 Å². The van der Waals surface area contributed by atoms with E-state index in [-0.39, 0.29) is 22.9 Å². The van der Waals surface area contributed by atoms with Crippen LogP contribution in [0.25, 0.3) is 0 Å². The zero-order chi connectivity index (χ0) is 15.5. The fourth-order valence-corrected chi connectivity index (χ4v) is 2.69. The number of sulfonamides is 1. The Morgan fingerprint density at radius 2 is 2.10 bits per heavy atom. The molecule has 1 heterocycles. The van der Waals surface area contributed by atoms with Crippen molar-refractivity contribution in [2.45, 2.75) is 11.4 Å². The Hall–Kier alpha value is -2.32. The van der Waals surface area contributed by atoms with E-state index < -0.39 is 10.0 Å². The smallest absolute Gasteiger partial charge is 0.240 e. The lowest BCUT2D eigenvalue weighted by atomic mass is 10.3. The summed E-state index contributed by atoms with van der Waals surface area (Å²) >= 11 is 0. The standard InChI is InChI=1S/C13H15N3O4S/c1-20-13-6-9(4-5-15-13)8-16-21(18,19)10-2-3-12(17)11(14)7-10/h2-7,16-17H,8,14H2,1H3. The molecule has 0 saturated carbocycles. The predicted molar refractivity (Wildman–Crippen MR) is 77.3 cm³/mol. The highest BCUT2D eigenvalue weighted by Gasteiger charge is 2.15. The molecule has 0 spiro atoms. The maximum Gasteiger partial charge on any atom is 0.240 e. The normalized spacial score (nSPS) is 11.3. The minimum Gasteiger partial charge on any atom is -0.506 e. The molecule has 0 amide bonds. The Balaban J connectivity index is 2.15. The average molecular weight is 309 g/mol. The number of nitrogens with one attached hydrogen (secondary N) is 1. The van der Waals surface area contributed by atoms with E-state index in [4.69, 9.17) is 10.5 Å². The number of anilines is 1. The molecule has 0 unspecified atom stereocenters. The largest absolute Gasteiger partial charge is 0.506 e. The number of aromatic nitrogens is 1. The molecule has 8 heteroatoms. The third kappa shape index (κ3) is 3.61. The van der Waals surface area contributed by atoms with E-state index in [1.54, 1.807) is 12.1 Å². The summed E-state index contributed by atoms with van der Waals surface area (Å²) in [6.45, 7) is 0.0853. The second-order valence-electron chi connectivity index (χ2n) is 4.25. The molecule has 21 heavy (non-hydrogen) atoms. The maximum absolute atomic E-state index is 12.1. The first-order valence-electron chi connectivity index (χ1n) is 5.99. The van der Waals surface area contributed by atoms with Gasteiger partial charge in [-0.25, -0.2) is 18.1 Å². The minimum atomic E-state index is -3.72. The molecule has 1 aromatic carbocycles. The summed E-state index contributed by atoms with van der Waals surface area (Å²) in [5.41, 5.74) is 6.20. The minimum absolute atomic E-state index is 0.00320. The number of nitrogens with zero attached hydrogens (tertiary/aromatic N) is 1. The van der Waals surface area contributed by atoms with E-state index in [1.807, 2.05) is 0 Å². The van der Waals surface area contributed by atoms with Crippen LogP contribution in [0, 0.1) is 0 Å². The second-order valence-corrected chi connectivity index (χ2v) is 6.02. The number of benzene rings is 1. The van der Waals surface area contributed by atoms with Gasteiger partial charge in [0.2, 0.25) is 15.9 Å². The van der Waals surface area contributed by atoms with Gasteiger partial charge < -0.3 is 15.6 Å². The van der Waals surface area contributed by atoms with Gasteiger partial charge in [0.25, 0.3) is 0 Å². The molecule has 7 nitrogen and oxygen atoms in total. The highest BCUT2D eigenvalue weighted by Crippen LogP contribution is 2.23. The first-order chi connectivity index (χ1) is 9.92. The molecule has 1 aromatic heterocycles. The van der Waals surface area contributed by atoms with Crippen molar-refractivity contribution >= 4 is 15.7 Å². The number of hydrogen-bond donors (Lipinski definition) is 3. The number of phenols is 1. The number of pyridine rings is 1. The van der Waals surface area contributed by atoms with Gasteiger partial charge in [-0.3, -0.25) is 0 Å². The highest BCUT2D eigenvalue weighted by atomic mass is 32.2. The van der Waals surface area contributed by atoms with Gasteiger partial charge in [0.15, 0.2) is 0 Å². The van der Waals surface area contributed by atoms with E-state index in [9.17, 15) is 13.5 Å². The molecule has 0 aliphatic heterocycles. The zero-order valence-electron chi connectivity index (χ0n) is 11.3. The second kappa shape index (κ2) is 5.98. The van der Waals surface area contributed by atoms with Crippen molar-refractivity contribution < 1.29 is 18.3 Å². The van der Waals surface area contributed by atoms with Crippen molar-refractivity contribution in [3.63, 3.8) is 0 Å². The van der Waals surface area contributed by atoms with Crippen LogP contribution in [-0.4, -0.2) is 25.6 Å². The van der Waals surface area contributed by atoms with Crippen LogP contribution in [-0.2, 0) is 16.6 Å². The first-order valence-corrected chi connectivity index (χ1v) is 7.48. The fraction of sp³-hybridized carbons (Fsp3) is 0.154. The van der Waals surface area contributed by atoms with E-state index in [2.05, 4.69) is 9.71 Å². The first kappa shape index (κ1) is 15.1. The Labute approximate surface area is 122 Å². The molecular formula is C13H15N3O4S. The Morgan fingerprint density at radius 3 is 2.76 bits per heavy atom. The average Bonchev–Trinajstić information content (AvgIpc) is 2.48. The van der Waals surface area contributed by atoms with Gasteiger partial charge in [0.05, 0.1) is 17.7 Å². The van der Waals surface area contributed by atoms with E-state index in [0.717, 1.165) is 0 Å². The summed E-state index contributed by atoms with van der Waals surface area (Å²) in [6.07, 6.45) is 1.53. The van der Waals surface area contributed by atoms with Crippen LogP contribution < -0.4 is 15.2 Å². The topological polar surface area (TPSA) is 115 Å². The number of nitrogen functional groups attached to an aromatic ring is 1. The molecule has 2 rings (SSSR count). The Bertz CT molecular complexity index is 747. The van der Waals surface area contributed by atoms with Gasteiger partial charge in [-0.1, -0.05) is 0 Å². The summed E-state index contributed by atoms with van der Waals surface area (Å²) in [6, 6.07) is 7.02. The molecule has 0 fully saturated rings. The number of methoxy groups -OCH3 is 1. The molecular weight excluding hydrogens is 294 g/mol. The van der Waals surface area contributed by atoms with E-state index >= 15 is 0 Å². The third-order valence-corrected chi connectivity index (χ3v) is 4.18. The lowest BCUT2D eigenvalue weighted by molar-refractivity contribution is 0.397. The van der Waals surface area contributed by atoms with Gasteiger partial charge in [-0.15, -0.1) is 0 Å². The molecule has 4 N–H and O–H groups in total. The van der Waals surface area contributed by atoms with Gasteiger partial charge >= 0.3 is 0 Å². The lowest BCUT2D eigenvalue weighted by Crippen LogP contribution is -2.23. The van der Waals surface area contributed by atoms with Crippen LogP contribution >= 0.6 is 0 Å². The number of rotatable bonds is 5. The van der Waals surface area contributed by atoms with Crippen molar-refractivity contribution in [1.82, 2.24) is 9.71 Å². The molecule has 2 aromatic rings. The lowest BCUT2D eigenvalue weighted by Gasteiger charge is -2.08. The van der Waals surface area contributed by atoms with Crippen molar-refractivity contribution in [3.8, 4) is 11.6 Å². The molecule has 0 saturated heterocycles. The van der Waals surface area contributed by atoms with E-state index in [0.29, 0.717) is 11.4 Å². The van der Waals surface area contributed by atoms with E-state index in [1.165, 1.54) is 31.5 Å². The Kier molecular flexibility index (Phi) is 4.29. The summed E-state index contributed by atoms with van der Waals surface area (Å²) in [5.74, 6) is 0.244. The summed E-state index contributed by atoms with van der Waals surface area (Å²) in [7, 11) is -2.24. The monoisotopic (exact) mass is 309 g/mol. The van der Waals surface area contributed by atoms with Crippen LogP contribution in [0.4, 0.5) is 5.69 Å². The molecule has 0 aliphatic carbocycles. The van der Waals surface area contributed by atoms with Crippen LogP contribution in [0.1, 0.15) is 5.56 Å². The summed E-state index contributed by atoms with van der Waals surface area (Å²) in [4.78, 5) is 3.92. The fourth-order valence-electron chi connectivity index (χ4n) is 1.63. The van der Waals surface area contributed by atoms with Crippen LogP contribution in [0.2, 0.25) is 0 Å². The number of phenolic OH excluding ortho intramolecular Hbond substituents is 1. The molecule has 0 aliphatic rings. The van der Waals surface area contributed by atoms with Crippen LogP contribution in [0.5, 0.6) is 11.6 Å². The SMILES string of the molecule is COc1cc(CNS(=O)(=O)c2ccc(O)c(N)c2)ccn1. The van der Waals surface area contributed by atoms with Gasteiger partial charge in [-0.2, -0.15) is 0 Å². The maximum atomic E-state index is 12.1. The molecule has 0 radical (unpaired) electrons. The number of hydrogen-bond acceptors (Lipinski definition) is 6. The number of aromatic hydroxyl groups is 1. The molecule has 112 valence electrons. The Morgan fingerprint density at radius 1 is 1.33 bits per heavy atom. The molecule has 0 bridgehead atoms.